The highest BCUT2D eigenvalue weighted by Crippen LogP contribution is 2.34. The average molecular weight is 453 g/mol. The Morgan fingerprint density at radius 2 is 1.26 bits per heavy atom. The van der Waals surface area contributed by atoms with Crippen LogP contribution in [0, 0.1) is 0 Å². The van der Waals surface area contributed by atoms with Crippen molar-refractivity contribution in [1.82, 2.24) is 0 Å². The van der Waals surface area contributed by atoms with Gasteiger partial charge in [-0.2, -0.15) is 0 Å². The Morgan fingerprint density at radius 3 is 1.82 bits per heavy atom. The van der Waals surface area contributed by atoms with Gasteiger partial charge in [-0.1, -0.05) is 78.9 Å². The third-order valence-corrected chi connectivity index (χ3v) is 5.09. The van der Waals surface area contributed by atoms with E-state index in [2.05, 4.69) is 0 Å². The van der Waals surface area contributed by atoms with Crippen molar-refractivity contribution in [2.24, 2.45) is 0 Å². The lowest BCUT2D eigenvalue weighted by Crippen LogP contribution is -2.26. The fourth-order valence-electron chi connectivity index (χ4n) is 3.61. The third kappa shape index (κ3) is 5.42. The molecule has 6 nitrogen and oxygen atoms in total. The number of ether oxygens (including phenoxy) is 2. The van der Waals surface area contributed by atoms with Crippen LogP contribution in [-0.2, 0) is 16.1 Å². The molecule has 0 heterocycles. The Bertz CT molecular complexity index is 1200. The lowest BCUT2D eigenvalue weighted by Gasteiger charge is -2.23. The largest absolute Gasteiger partial charge is 0.481 e. The lowest BCUT2D eigenvalue weighted by atomic mass is 9.99. The molecule has 4 aromatic rings. The zero-order chi connectivity index (χ0) is 23.8. The van der Waals surface area contributed by atoms with Crippen LogP contribution in [0.2, 0.25) is 0 Å². The van der Waals surface area contributed by atoms with Crippen LogP contribution in [0.3, 0.4) is 0 Å². The molecule has 4 rings (SSSR count). The molecule has 0 aliphatic rings. The van der Waals surface area contributed by atoms with Gasteiger partial charge in [0.2, 0.25) is 0 Å². The van der Waals surface area contributed by atoms with Crippen LogP contribution >= 0.6 is 0 Å². The fraction of sp³-hybridized carbons (Fsp3) is 0.0714. The van der Waals surface area contributed by atoms with Crippen LogP contribution in [-0.4, -0.2) is 23.8 Å². The SMILES string of the molecule is O=C(O)COc1cccc(COC(=O)N(c2ccccc2)c2ccccc2)c1-c1ccccc1. The van der Waals surface area contributed by atoms with Gasteiger partial charge >= 0.3 is 12.1 Å². The van der Waals surface area contributed by atoms with E-state index in [9.17, 15) is 9.59 Å². The van der Waals surface area contributed by atoms with Crippen LogP contribution in [0.25, 0.3) is 11.1 Å². The van der Waals surface area contributed by atoms with Crippen LogP contribution in [0.4, 0.5) is 16.2 Å². The Balaban J connectivity index is 1.64. The monoisotopic (exact) mass is 453 g/mol. The van der Waals surface area contributed by atoms with Crippen molar-refractivity contribution in [3.8, 4) is 16.9 Å². The maximum absolute atomic E-state index is 13.3. The molecule has 1 N–H and O–H groups in total. The maximum atomic E-state index is 13.3. The van der Waals surface area contributed by atoms with Gasteiger partial charge in [0.1, 0.15) is 12.4 Å². The highest BCUT2D eigenvalue weighted by atomic mass is 16.6. The van der Waals surface area contributed by atoms with Crippen molar-refractivity contribution in [3.63, 3.8) is 0 Å². The number of carbonyl (C=O) groups is 2. The molecular weight excluding hydrogens is 430 g/mol. The van der Waals surface area contributed by atoms with Gasteiger partial charge in [0.25, 0.3) is 0 Å². The molecule has 4 aromatic carbocycles. The van der Waals surface area contributed by atoms with Crippen LogP contribution in [0.1, 0.15) is 5.56 Å². The first-order valence-electron chi connectivity index (χ1n) is 10.7. The zero-order valence-electron chi connectivity index (χ0n) is 18.3. The summed E-state index contributed by atoms with van der Waals surface area (Å²) in [4.78, 5) is 25.8. The first-order chi connectivity index (χ1) is 16.6. The summed E-state index contributed by atoms with van der Waals surface area (Å²) in [6.45, 7) is -0.498. The topological polar surface area (TPSA) is 76.1 Å². The number of carboxylic acid groups (broad SMARTS) is 1. The van der Waals surface area contributed by atoms with Gasteiger partial charge in [0.15, 0.2) is 6.61 Å². The van der Waals surface area contributed by atoms with E-state index >= 15 is 0 Å². The minimum atomic E-state index is -1.07. The van der Waals surface area contributed by atoms with Crippen molar-refractivity contribution in [1.29, 1.82) is 0 Å². The van der Waals surface area contributed by atoms with Gasteiger partial charge < -0.3 is 14.6 Å². The second-order valence-corrected chi connectivity index (χ2v) is 7.40. The van der Waals surface area contributed by atoms with Gasteiger partial charge in [-0.3, -0.25) is 0 Å². The molecule has 34 heavy (non-hydrogen) atoms. The predicted octanol–water partition coefficient (Wildman–Crippen LogP) is 6.29. The highest BCUT2D eigenvalue weighted by molar-refractivity contribution is 5.96. The summed E-state index contributed by atoms with van der Waals surface area (Å²) in [5.74, 6) is -0.665. The summed E-state index contributed by atoms with van der Waals surface area (Å²) < 4.78 is 11.3. The molecule has 0 aliphatic carbocycles. The van der Waals surface area contributed by atoms with E-state index in [1.54, 1.807) is 12.1 Å². The fourth-order valence-corrected chi connectivity index (χ4v) is 3.61. The summed E-state index contributed by atoms with van der Waals surface area (Å²) in [5.41, 5.74) is 3.57. The van der Waals surface area contributed by atoms with Crippen LogP contribution in [0.15, 0.2) is 109 Å². The van der Waals surface area contributed by atoms with E-state index in [-0.39, 0.29) is 6.61 Å². The number of nitrogens with zero attached hydrogens (tertiary/aromatic N) is 1. The van der Waals surface area contributed by atoms with E-state index in [4.69, 9.17) is 14.6 Å². The molecule has 0 fully saturated rings. The molecule has 0 aliphatic heterocycles. The van der Waals surface area contributed by atoms with Crippen LogP contribution < -0.4 is 9.64 Å². The Hall–Kier alpha value is -4.58. The molecule has 0 radical (unpaired) electrons. The lowest BCUT2D eigenvalue weighted by molar-refractivity contribution is -0.139. The van der Waals surface area contributed by atoms with E-state index in [0.29, 0.717) is 28.3 Å². The number of benzene rings is 4. The molecule has 0 saturated heterocycles. The van der Waals surface area contributed by atoms with Crippen LogP contribution in [0.5, 0.6) is 5.75 Å². The molecule has 0 spiro atoms. The molecule has 170 valence electrons. The van der Waals surface area contributed by atoms with Crippen molar-refractivity contribution < 1.29 is 24.2 Å². The minimum absolute atomic E-state index is 0.0243. The second kappa shape index (κ2) is 10.8. The van der Waals surface area contributed by atoms with E-state index in [1.165, 1.54) is 4.90 Å². The summed E-state index contributed by atoms with van der Waals surface area (Å²) in [5, 5.41) is 9.06. The molecule has 0 bridgehead atoms. The summed E-state index contributed by atoms with van der Waals surface area (Å²) >= 11 is 0. The summed E-state index contributed by atoms with van der Waals surface area (Å²) in [6, 6.07) is 33.3. The number of carbonyl (C=O) groups excluding carboxylic acids is 1. The molecule has 0 atom stereocenters. The molecule has 6 heteroatoms. The third-order valence-electron chi connectivity index (χ3n) is 5.09. The molecule has 1 amide bonds. The molecule has 0 unspecified atom stereocenters. The second-order valence-electron chi connectivity index (χ2n) is 7.40. The minimum Gasteiger partial charge on any atom is -0.481 e. The van der Waals surface area contributed by atoms with Gasteiger partial charge in [-0.25, -0.2) is 14.5 Å². The average Bonchev–Trinajstić information content (AvgIpc) is 2.88. The summed E-state index contributed by atoms with van der Waals surface area (Å²) in [6.07, 6.45) is -0.534. The predicted molar refractivity (Wildman–Crippen MR) is 130 cm³/mol. The molecule has 0 saturated carbocycles. The standard InChI is InChI=1S/C28H23NO5/c30-26(31)20-33-25-18-10-13-22(27(25)21-11-4-1-5-12-21)19-34-28(32)29(23-14-6-2-7-15-23)24-16-8-3-9-17-24/h1-18H,19-20H2,(H,30,31). The van der Waals surface area contributed by atoms with Crippen molar-refractivity contribution >= 4 is 23.4 Å². The number of hydrogen-bond acceptors (Lipinski definition) is 4. The maximum Gasteiger partial charge on any atom is 0.419 e. The van der Waals surface area contributed by atoms with Crippen molar-refractivity contribution in [3.05, 3.63) is 115 Å². The number of carboxylic acids is 1. The smallest absolute Gasteiger partial charge is 0.419 e. The first kappa shape index (κ1) is 22.6. The number of amides is 1. The van der Waals surface area contributed by atoms with Crippen molar-refractivity contribution in [2.45, 2.75) is 6.61 Å². The Labute approximate surface area is 197 Å². The van der Waals surface area contributed by atoms with Gasteiger partial charge in [-0.15, -0.1) is 0 Å². The zero-order valence-corrected chi connectivity index (χ0v) is 18.3. The number of hydrogen-bond donors (Lipinski definition) is 1. The normalized spacial score (nSPS) is 10.4. The van der Waals surface area contributed by atoms with E-state index in [1.807, 2.05) is 97.1 Å². The number of para-hydroxylation sites is 2. The van der Waals surface area contributed by atoms with Crippen molar-refractivity contribution in [2.75, 3.05) is 11.5 Å². The van der Waals surface area contributed by atoms with E-state index < -0.39 is 18.7 Å². The Morgan fingerprint density at radius 1 is 0.706 bits per heavy atom. The molecular formula is C28H23NO5. The molecule has 0 aromatic heterocycles. The van der Waals surface area contributed by atoms with Gasteiger partial charge in [0, 0.05) is 11.1 Å². The highest BCUT2D eigenvalue weighted by Gasteiger charge is 2.21. The van der Waals surface area contributed by atoms with Gasteiger partial charge in [-0.05, 0) is 35.9 Å². The summed E-state index contributed by atoms with van der Waals surface area (Å²) in [7, 11) is 0. The number of rotatable bonds is 8. The Kier molecular flexibility index (Phi) is 7.20. The number of anilines is 2. The number of aliphatic carboxylic acids is 1. The van der Waals surface area contributed by atoms with Gasteiger partial charge in [0.05, 0.1) is 11.4 Å². The first-order valence-corrected chi connectivity index (χ1v) is 10.7. The quantitative estimate of drug-likeness (QED) is 0.339. The van der Waals surface area contributed by atoms with E-state index in [0.717, 1.165) is 5.56 Å².